The lowest BCUT2D eigenvalue weighted by molar-refractivity contribution is -0.276. The number of carbonyl (C=O) groups excluding carboxylic acids is 1. The largest absolute Gasteiger partial charge is 0.574 e. The van der Waals surface area contributed by atoms with Gasteiger partial charge in [-0.25, -0.2) is 4.98 Å². The van der Waals surface area contributed by atoms with Crippen LogP contribution in [-0.4, -0.2) is 31.0 Å². The van der Waals surface area contributed by atoms with Gasteiger partial charge in [0.2, 0.25) is 5.88 Å². The van der Waals surface area contributed by atoms with Gasteiger partial charge in [-0.3, -0.25) is 4.79 Å². The summed E-state index contributed by atoms with van der Waals surface area (Å²) in [5.41, 5.74) is 5.62. The van der Waals surface area contributed by atoms with Gasteiger partial charge < -0.3 is 19.9 Å². The van der Waals surface area contributed by atoms with Crippen molar-refractivity contribution in [1.82, 2.24) is 4.98 Å². The number of nitrogens with zero attached hydrogens (tertiary/aromatic N) is 1. The van der Waals surface area contributed by atoms with Crippen LogP contribution in [0.4, 0.5) is 13.2 Å². The van der Waals surface area contributed by atoms with Crippen LogP contribution in [0.25, 0.3) is 0 Å². The van der Waals surface area contributed by atoms with Crippen molar-refractivity contribution in [2.45, 2.75) is 26.3 Å². The van der Waals surface area contributed by atoms with Gasteiger partial charge in [0.25, 0.3) is 0 Å². The molecule has 0 amide bonds. The SMILES string of the molecule is CCOC(=O)Cc1c(OC(F)(F)F)ncc(OC)c1CN. The molecule has 21 heavy (non-hydrogen) atoms. The number of halogens is 3. The van der Waals surface area contributed by atoms with Crippen molar-refractivity contribution in [1.29, 1.82) is 0 Å². The molecule has 6 nitrogen and oxygen atoms in total. The Morgan fingerprint density at radius 3 is 2.52 bits per heavy atom. The van der Waals surface area contributed by atoms with Crippen LogP contribution in [0.3, 0.4) is 0 Å². The number of esters is 1. The first-order valence-corrected chi connectivity index (χ1v) is 5.98. The zero-order valence-electron chi connectivity index (χ0n) is 11.5. The molecule has 0 aliphatic rings. The quantitative estimate of drug-likeness (QED) is 0.803. The molecule has 1 heterocycles. The molecule has 1 aromatic heterocycles. The Morgan fingerprint density at radius 1 is 1.38 bits per heavy atom. The molecule has 0 spiro atoms. The van der Waals surface area contributed by atoms with Crippen molar-refractivity contribution >= 4 is 5.97 Å². The van der Waals surface area contributed by atoms with Gasteiger partial charge in [0, 0.05) is 17.7 Å². The van der Waals surface area contributed by atoms with Gasteiger partial charge in [-0.1, -0.05) is 0 Å². The minimum Gasteiger partial charge on any atom is -0.495 e. The number of hydrogen-bond acceptors (Lipinski definition) is 6. The molecule has 0 atom stereocenters. The number of rotatable bonds is 6. The van der Waals surface area contributed by atoms with Crippen LogP contribution < -0.4 is 15.2 Å². The van der Waals surface area contributed by atoms with E-state index in [9.17, 15) is 18.0 Å². The van der Waals surface area contributed by atoms with Gasteiger partial charge in [-0.2, -0.15) is 0 Å². The third-order valence-electron chi connectivity index (χ3n) is 2.48. The van der Waals surface area contributed by atoms with Crippen LogP contribution in [0.5, 0.6) is 11.6 Å². The molecule has 1 aromatic rings. The fourth-order valence-corrected chi connectivity index (χ4v) is 1.69. The smallest absolute Gasteiger partial charge is 0.495 e. The highest BCUT2D eigenvalue weighted by Crippen LogP contribution is 2.31. The first-order chi connectivity index (χ1) is 9.82. The van der Waals surface area contributed by atoms with Crippen LogP contribution in [-0.2, 0) is 22.5 Å². The Kier molecular flexibility index (Phi) is 5.77. The number of aromatic nitrogens is 1. The molecule has 0 saturated carbocycles. The topological polar surface area (TPSA) is 83.7 Å². The van der Waals surface area contributed by atoms with E-state index in [1.807, 2.05) is 0 Å². The van der Waals surface area contributed by atoms with Crippen LogP contribution >= 0.6 is 0 Å². The highest BCUT2D eigenvalue weighted by Gasteiger charge is 2.34. The van der Waals surface area contributed by atoms with Crippen molar-refractivity contribution in [2.75, 3.05) is 13.7 Å². The van der Waals surface area contributed by atoms with Crippen molar-refractivity contribution in [3.05, 3.63) is 17.3 Å². The third kappa shape index (κ3) is 4.78. The number of alkyl halides is 3. The van der Waals surface area contributed by atoms with Gasteiger partial charge >= 0.3 is 12.3 Å². The number of methoxy groups -OCH3 is 1. The lowest BCUT2D eigenvalue weighted by atomic mass is 10.1. The minimum absolute atomic E-state index is 0.101. The highest BCUT2D eigenvalue weighted by molar-refractivity contribution is 5.74. The number of nitrogens with two attached hydrogens (primary N) is 1. The average molecular weight is 308 g/mol. The van der Waals surface area contributed by atoms with E-state index in [2.05, 4.69) is 9.72 Å². The summed E-state index contributed by atoms with van der Waals surface area (Å²) < 4.78 is 50.7. The lowest BCUT2D eigenvalue weighted by Crippen LogP contribution is -2.21. The zero-order valence-corrected chi connectivity index (χ0v) is 11.5. The van der Waals surface area contributed by atoms with Crippen molar-refractivity contribution < 1.29 is 32.2 Å². The Balaban J connectivity index is 3.26. The monoisotopic (exact) mass is 308 g/mol. The normalized spacial score (nSPS) is 11.1. The predicted octanol–water partition coefficient (Wildman–Crippen LogP) is 1.55. The summed E-state index contributed by atoms with van der Waals surface area (Å²) in [5, 5.41) is 0. The summed E-state index contributed by atoms with van der Waals surface area (Å²) in [6.45, 7) is 1.54. The maximum atomic E-state index is 12.4. The molecule has 0 radical (unpaired) electrons. The van der Waals surface area contributed by atoms with E-state index >= 15 is 0 Å². The third-order valence-corrected chi connectivity index (χ3v) is 2.48. The van der Waals surface area contributed by atoms with Gasteiger partial charge in [-0.05, 0) is 6.92 Å². The second-order valence-corrected chi connectivity index (χ2v) is 3.82. The fraction of sp³-hybridized carbons (Fsp3) is 0.500. The Hall–Kier alpha value is -2.03. The maximum Gasteiger partial charge on any atom is 0.574 e. The summed E-state index contributed by atoms with van der Waals surface area (Å²) >= 11 is 0. The van der Waals surface area contributed by atoms with Crippen LogP contribution in [0, 0.1) is 0 Å². The molecular formula is C12H15F3N2O4. The summed E-state index contributed by atoms with van der Waals surface area (Å²) in [4.78, 5) is 15.1. The molecule has 0 aliphatic carbocycles. The van der Waals surface area contributed by atoms with E-state index in [0.717, 1.165) is 6.20 Å². The van der Waals surface area contributed by atoms with Crippen LogP contribution in [0.15, 0.2) is 6.20 Å². The Labute approximate surface area is 119 Å². The van der Waals surface area contributed by atoms with E-state index < -0.39 is 24.6 Å². The van der Waals surface area contributed by atoms with Gasteiger partial charge in [0.1, 0.15) is 5.75 Å². The minimum atomic E-state index is -4.93. The van der Waals surface area contributed by atoms with Crippen molar-refractivity contribution in [3.8, 4) is 11.6 Å². The molecule has 1 rings (SSSR count). The van der Waals surface area contributed by atoms with E-state index in [0.29, 0.717) is 0 Å². The second-order valence-electron chi connectivity index (χ2n) is 3.82. The van der Waals surface area contributed by atoms with Crippen molar-refractivity contribution in [2.24, 2.45) is 5.73 Å². The molecule has 9 heteroatoms. The van der Waals surface area contributed by atoms with Crippen LogP contribution in [0.2, 0.25) is 0 Å². The lowest BCUT2D eigenvalue weighted by Gasteiger charge is -2.17. The fourth-order valence-electron chi connectivity index (χ4n) is 1.69. The van der Waals surface area contributed by atoms with Gasteiger partial charge in [0.05, 0.1) is 26.3 Å². The molecule has 118 valence electrons. The predicted molar refractivity (Wildman–Crippen MR) is 65.7 cm³/mol. The molecule has 0 saturated heterocycles. The summed E-state index contributed by atoms with van der Waals surface area (Å²) in [7, 11) is 1.31. The van der Waals surface area contributed by atoms with Crippen molar-refractivity contribution in [3.63, 3.8) is 0 Å². The molecule has 0 aromatic carbocycles. The summed E-state index contributed by atoms with van der Waals surface area (Å²) in [6, 6.07) is 0. The first kappa shape index (κ1) is 17.0. The summed E-state index contributed by atoms with van der Waals surface area (Å²) in [5.74, 6) is -1.28. The molecular weight excluding hydrogens is 293 g/mol. The first-order valence-electron chi connectivity index (χ1n) is 5.98. The maximum absolute atomic E-state index is 12.4. The molecule has 0 unspecified atom stereocenters. The number of pyridine rings is 1. The summed E-state index contributed by atoms with van der Waals surface area (Å²) in [6.07, 6.45) is -4.33. The Morgan fingerprint density at radius 2 is 2.05 bits per heavy atom. The Bertz CT molecular complexity index is 506. The molecule has 0 bridgehead atoms. The van der Waals surface area contributed by atoms with E-state index in [-0.39, 0.29) is 30.0 Å². The highest BCUT2D eigenvalue weighted by atomic mass is 19.4. The van der Waals surface area contributed by atoms with E-state index in [4.69, 9.17) is 15.2 Å². The van der Waals surface area contributed by atoms with Crippen LogP contribution in [0.1, 0.15) is 18.1 Å². The van der Waals surface area contributed by atoms with E-state index in [1.54, 1.807) is 6.92 Å². The molecule has 0 aliphatic heterocycles. The van der Waals surface area contributed by atoms with E-state index in [1.165, 1.54) is 7.11 Å². The molecule has 0 fully saturated rings. The van der Waals surface area contributed by atoms with Gasteiger partial charge in [0.15, 0.2) is 0 Å². The number of ether oxygens (including phenoxy) is 3. The molecule has 2 N–H and O–H groups in total. The zero-order chi connectivity index (χ0) is 16.0. The second kappa shape index (κ2) is 7.11. The number of hydrogen-bond donors (Lipinski definition) is 1. The van der Waals surface area contributed by atoms with Gasteiger partial charge in [-0.15, -0.1) is 13.2 Å². The number of carbonyl (C=O) groups is 1. The standard InChI is InChI=1S/C12H15F3N2O4/c1-3-20-10(18)4-7-8(5-16)9(19-2)6-17-11(7)21-12(13,14)15/h6H,3-5,16H2,1-2H3. The average Bonchev–Trinajstić information content (AvgIpc) is 2.39.